The Labute approximate surface area is 169 Å². The molecule has 1 rings (SSSR count). The lowest BCUT2D eigenvalue weighted by Gasteiger charge is -2.40. The van der Waals surface area contributed by atoms with Crippen molar-refractivity contribution in [1.82, 2.24) is 0 Å². The minimum atomic E-state index is -0.978. The third kappa shape index (κ3) is 5.41. The molecule has 0 radical (unpaired) electrons. The van der Waals surface area contributed by atoms with Gasteiger partial charge in [0.1, 0.15) is 23.6 Å². The molecule has 28 heavy (non-hydrogen) atoms. The zero-order valence-corrected chi connectivity index (χ0v) is 18.7. The normalized spacial score (nSPS) is 38.6. The largest absolute Gasteiger partial charge is 0.461 e. The van der Waals surface area contributed by atoms with E-state index in [1.807, 2.05) is 13.8 Å². The number of hydrogen-bond acceptors (Lipinski definition) is 6. The van der Waals surface area contributed by atoms with E-state index in [0.717, 1.165) is 0 Å². The Kier molecular flexibility index (Phi) is 8.82. The number of Topliss-reactive ketones (excluding diaryl/α,β-unsaturated/α-hetero) is 2. The van der Waals surface area contributed by atoms with Crippen molar-refractivity contribution in [2.24, 2.45) is 29.1 Å². The molecule has 6 heteroatoms. The van der Waals surface area contributed by atoms with Crippen LogP contribution in [0.3, 0.4) is 0 Å². The quantitative estimate of drug-likeness (QED) is 0.567. The molecule has 0 bridgehead atoms. The van der Waals surface area contributed by atoms with Crippen LogP contribution in [0.5, 0.6) is 0 Å². The molecule has 0 aromatic rings. The number of ether oxygens (including phenoxy) is 2. The summed E-state index contributed by atoms with van der Waals surface area (Å²) in [5, 5.41) is 11.0. The molecule has 1 heterocycles. The Morgan fingerprint density at radius 3 is 2.00 bits per heavy atom. The third-order valence-electron chi connectivity index (χ3n) is 6.46. The predicted molar refractivity (Wildman–Crippen MR) is 107 cm³/mol. The fourth-order valence-corrected chi connectivity index (χ4v) is 4.30. The molecule has 1 fully saturated rings. The summed E-state index contributed by atoms with van der Waals surface area (Å²) >= 11 is 0. The van der Waals surface area contributed by atoms with E-state index in [-0.39, 0.29) is 29.5 Å². The van der Waals surface area contributed by atoms with Crippen molar-refractivity contribution < 1.29 is 29.0 Å². The van der Waals surface area contributed by atoms with Crippen LogP contribution in [0.1, 0.15) is 67.7 Å². The van der Waals surface area contributed by atoms with E-state index < -0.39 is 35.4 Å². The fraction of sp³-hybridized carbons (Fsp3) is 0.864. The van der Waals surface area contributed by atoms with E-state index >= 15 is 0 Å². The van der Waals surface area contributed by atoms with Gasteiger partial charge in [-0.05, 0) is 26.2 Å². The van der Waals surface area contributed by atoms with Crippen LogP contribution in [0.4, 0.5) is 0 Å². The molecule has 7 atom stereocenters. The van der Waals surface area contributed by atoms with Crippen LogP contribution in [-0.2, 0) is 23.9 Å². The summed E-state index contributed by atoms with van der Waals surface area (Å²) in [7, 11) is 1.56. The summed E-state index contributed by atoms with van der Waals surface area (Å²) < 4.78 is 11.2. The molecule has 1 aliphatic rings. The van der Waals surface area contributed by atoms with Gasteiger partial charge in [-0.3, -0.25) is 14.4 Å². The van der Waals surface area contributed by atoms with Crippen LogP contribution in [-0.4, -0.2) is 48.1 Å². The number of carbonyl (C=O) groups excluding carboxylic acids is 3. The standard InChI is InChI=1S/C22H38O6/c1-9-17-22(6,7)20(25)14(4)18(23)12(2)10-16(27-8)11-13(3)19(24)15(5)21(26)28-17/h12-17,20,25H,9-11H2,1-8H3/t12-,13-,14?,15?,16?,17-,20?/m1/s1. The van der Waals surface area contributed by atoms with Crippen LogP contribution in [0.15, 0.2) is 0 Å². The van der Waals surface area contributed by atoms with Gasteiger partial charge in [-0.2, -0.15) is 0 Å². The highest BCUT2D eigenvalue weighted by Crippen LogP contribution is 2.36. The molecule has 0 spiro atoms. The Hall–Kier alpha value is -1.27. The van der Waals surface area contributed by atoms with Gasteiger partial charge in [0.2, 0.25) is 0 Å². The molecule has 1 N–H and O–H groups in total. The first kappa shape index (κ1) is 24.8. The lowest BCUT2D eigenvalue weighted by Crippen LogP contribution is -2.49. The molecule has 1 aliphatic heterocycles. The average Bonchev–Trinajstić information content (AvgIpc) is 2.66. The second kappa shape index (κ2) is 9.97. The summed E-state index contributed by atoms with van der Waals surface area (Å²) in [6.07, 6.45) is -0.459. The molecule has 0 aromatic carbocycles. The lowest BCUT2D eigenvalue weighted by molar-refractivity contribution is -0.170. The zero-order chi connectivity index (χ0) is 21.8. The van der Waals surface area contributed by atoms with Crippen LogP contribution in [0, 0.1) is 29.1 Å². The first-order valence-electron chi connectivity index (χ1n) is 10.4. The lowest BCUT2D eigenvalue weighted by atomic mass is 9.72. The molecule has 0 amide bonds. The van der Waals surface area contributed by atoms with Crippen molar-refractivity contribution in [3.05, 3.63) is 0 Å². The second-order valence-corrected chi connectivity index (χ2v) is 9.05. The Balaban J connectivity index is 3.31. The molecular formula is C22H38O6. The summed E-state index contributed by atoms with van der Waals surface area (Å²) in [5.41, 5.74) is -0.835. The predicted octanol–water partition coefficient (Wildman–Crippen LogP) is 3.19. The van der Waals surface area contributed by atoms with E-state index in [1.54, 1.807) is 41.7 Å². The molecule has 0 aliphatic carbocycles. The number of aliphatic hydroxyl groups excluding tert-OH is 1. The number of rotatable bonds is 2. The highest BCUT2D eigenvalue weighted by atomic mass is 16.5. The van der Waals surface area contributed by atoms with Crippen molar-refractivity contribution in [2.45, 2.75) is 86.0 Å². The topological polar surface area (TPSA) is 89.9 Å². The molecule has 0 aromatic heterocycles. The molecule has 1 saturated heterocycles. The molecule has 162 valence electrons. The van der Waals surface area contributed by atoms with E-state index in [9.17, 15) is 19.5 Å². The summed E-state index contributed by atoms with van der Waals surface area (Å²) in [6.45, 7) is 12.4. The zero-order valence-electron chi connectivity index (χ0n) is 18.7. The third-order valence-corrected chi connectivity index (χ3v) is 6.46. The summed E-state index contributed by atoms with van der Waals surface area (Å²) in [5.74, 6) is -2.99. The number of methoxy groups -OCH3 is 1. The van der Waals surface area contributed by atoms with Gasteiger partial charge in [-0.1, -0.05) is 41.5 Å². The summed E-state index contributed by atoms with van der Waals surface area (Å²) in [4.78, 5) is 38.3. The van der Waals surface area contributed by atoms with Crippen LogP contribution >= 0.6 is 0 Å². The first-order chi connectivity index (χ1) is 12.9. The fourth-order valence-electron chi connectivity index (χ4n) is 4.30. The Morgan fingerprint density at radius 1 is 1.04 bits per heavy atom. The van der Waals surface area contributed by atoms with Crippen molar-refractivity contribution in [1.29, 1.82) is 0 Å². The van der Waals surface area contributed by atoms with Crippen LogP contribution < -0.4 is 0 Å². The smallest absolute Gasteiger partial charge is 0.316 e. The number of cyclic esters (lactones) is 1. The highest BCUT2D eigenvalue weighted by molar-refractivity contribution is 5.99. The average molecular weight is 399 g/mol. The minimum absolute atomic E-state index is 0.0480. The van der Waals surface area contributed by atoms with Crippen molar-refractivity contribution in [3.63, 3.8) is 0 Å². The van der Waals surface area contributed by atoms with E-state index in [2.05, 4.69) is 0 Å². The van der Waals surface area contributed by atoms with Gasteiger partial charge >= 0.3 is 5.97 Å². The van der Waals surface area contributed by atoms with Gasteiger partial charge in [0.05, 0.1) is 12.2 Å². The molecular weight excluding hydrogens is 360 g/mol. The maximum absolute atomic E-state index is 12.9. The van der Waals surface area contributed by atoms with Gasteiger partial charge in [0.15, 0.2) is 0 Å². The maximum atomic E-state index is 12.9. The second-order valence-electron chi connectivity index (χ2n) is 9.05. The van der Waals surface area contributed by atoms with Crippen molar-refractivity contribution in [2.75, 3.05) is 7.11 Å². The number of carbonyl (C=O) groups is 3. The molecule has 6 nitrogen and oxygen atoms in total. The van der Waals surface area contributed by atoms with Crippen LogP contribution in [0.2, 0.25) is 0 Å². The van der Waals surface area contributed by atoms with Gasteiger partial charge in [-0.15, -0.1) is 0 Å². The van der Waals surface area contributed by atoms with E-state index in [4.69, 9.17) is 9.47 Å². The monoisotopic (exact) mass is 398 g/mol. The van der Waals surface area contributed by atoms with Crippen molar-refractivity contribution >= 4 is 17.5 Å². The van der Waals surface area contributed by atoms with E-state index in [0.29, 0.717) is 19.3 Å². The number of hydrogen-bond donors (Lipinski definition) is 1. The SMILES string of the molecule is CC[C@H]1OC(=O)C(C)C(=O)[C@H](C)CC(OC)C[C@@H](C)C(=O)C(C)C(O)C1(C)C. The van der Waals surface area contributed by atoms with E-state index in [1.165, 1.54) is 0 Å². The Morgan fingerprint density at radius 2 is 1.54 bits per heavy atom. The minimum Gasteiger partial charge on any atom is -0.461 e. The van der Waals surface area contributed by atoms with Gasteiger partial charge in [0, 0.05) is 30.3 Å². The van der Waals surface area contributed by atoms with Gasteiger partial charge in [0.25, 0.3) is 0 Å². The number of ketones is 2. The number of esters is 1. The van der Waals surface area contributed by atoms with Crippen molar-refractivity contribution in [3.8, 4) is 0 Å². The maximum Gasteiger partial charge on any atom is 0.316 e. The summed E-state index contributed by atoms with van der Waals surface area (Å²) in [6, 6.07) is 0. The molecule has 0 saturated carbocycles. The Bertz CT molecular complexity index is 569. The number of aliphatic hydroxyl groups is 1. The first-order valence-corrected chi connectivity index (χ1v) is 10.4. The van der Waals surface area contributed by atoms with Gasteiger partial charge < -0.3 is 14.6 Å². The van der Waals surface area contributed by atoms with Crippen LogP contribution in [0.25, 0.3) is 0 Å². The highest BCUT2D eigenvalue weighted by Gasteiger charge is 2.44. The molecule has 4 unspecified atom stereocenters. The van der Waals surface area contributed by atoms with Gasteiger partial charge in [-0.25, -0.2) is 0 Å².